The molecule has 0 aliphatic carbocycles. The van der Waals surface area contributed by atoms with Crippen molar-refractivity contribution in [3.05, 3.63) is 30.1 Å². The first-order chi connectivity index (χ1) is 7.77. The zero-order valence-corrected chi connectivity index (χ0v) is 9.43. The number of nitrogens with zero attached hydrogens (tertiary/aromatic N) is 2. The molecule has 0 atom stereocenters. The van der Waals surface area contributed by atoms with Gasteiger partial charge >= 0.3 is 6.09 Å². The number of nitrogens with one attached hydrogen (secondary N) is 1. The van der Waals surface area contributed by atoms with E-state index in [1.807, 2.05) is 19.1 Å². The largest absolute Gasteiger partial charge is 0.449 e. The van der Waals surface area contributed by atoms with Gasteiger partial charge in [-0.1, -0.05) is 6.92 Å². The molecular formula is C11H15N3O2. The van der Waals surface area contributed by atoms with Crippen LogP contribution in [0.4, 0.5) is 4.79 Å². The van der Waals surface area contributed by atoms with E-state index in [-0.39, 0.29) is 0 Å². The molecule has 16 heavy (non-hydrogen) atoms. The van der Waals surface area contributed by atoms with Crippen molar-refractivity contribution in [2.75, 3.05) is 6.61 Å². The normalized spacial score (nSPS) is 11.0. The van der Waals surface area contributed by atoms with E-state index >= 15 is 0 Å². The summed E-state index contributed by atoms with van der Waals surface area (Å²) in [6.45, 7) is 4.04. The maximum absolute atomic E-state index is 11.0. The summed E-state index contributed by atoms with van der Waals surface area (Å²) in [6, 6.07) is 3.68. The Hall–Kier alpha value is -1.91. The van der Waals surface area contributed by atoms with E-state index in [0.29, 0.717) is 6.61 Å². The fraction of sp³-hybridized carbons (Fsp3) is 0.364. The second kappa shape index (κ2) is 6.55. The predicted octanol–water partition coefficient (Wildman–Crippen LogP) is 1.94. The van der Waals surface area contributed by atoms with Gasteiger partial charge in [0.05, 0.1) is 12.3 Å². The van der Waals surface area contributed by atoms with Crippen molar-refractivity contribution >= 4 is 11.8 Å². The number of aromatic nitrogens is 1. The Morgan fingerprint density at radius 3 is 2.69 bits per heavy atom. The lowest BCUT2D eigenvalue weighted by Gasteiger charge is -2.04. The highest BCUT2D eigenvalue weighted by Crippen LogP contribution is 2.02. The average Bonchev–Trinajstić information content (AvgIpc) is 2.31. The van der Waals surface area contributed by atoms with E-state index in [4.69, 9.17) is 4.74 Å². The van der Waals surface area contributed by atoms with Crippen LogP contribution in [0.5, 0.6) is 0 Å². The maximum Gasteiger partial charge on any atom is 0.427 e. The smallest absolute Gasteiger partial charge is 0.427 e. The fourth-order valence-corrected chi connectivity index (χ4v) is 1.17. The molecule has 86 valence electrons. The fourth-order valence-electron chi connectivity index (χ4n) is 1.17. The van der Waals surface area contributed by atoms with Gasteiger partial charge in [-0.05, 0) is 25.5 Å². The molecular weight excluding hydrogens is 206 g/mol. The SMILES string of the molecule is CCOC(=O)NN=C(CC)c1ccncc1. The first-order valence-corrected chi connectivity index (χ1v) is 5.17. The van der Waals surface area contributed by atoms with Gasteiger partial charge in [-0.25, -0.2) is 10.2 Å². The highest BCUT2D eigenvalue weighted by Gasteiger charge is 2.02. The molecule has 5 nitrogen and oxygen atoms in total. The molecule has 0 saturated heterocycles. The number of rotatable bonds is 4. The van der Waals surface area contributed by atoms with Crippen LogP contribution >= 0.6 is 0 Å². The molecule has 1 N–H and O–H groups in total. The second-order valence-corrected chi connectivity index (χ2v) is 2.98. The van der Waals surface area contributed by atoms with Gasteiger partial charge in [0.1, 0.15) is 0 Å². The lowest BCUT2D eigenvalue weighted by Crippen LogP contribution is -2.20. The Morgan fingerprint density at radius 1 is 1.44 bits per heavy atom. The number of hydrazone groups is 1. The lowest BCUT2D eigenvalue weighted by atomic mass is 10.1. The molecule has 0 radical (unpaired) electrons. The van der Waals surface area contributed by atoms with Crippen LogP contribution in [0.1, 0.15) is 25.8 Å². The van der Waals surface area contributed by atoms with E-state index in [1.165, 1.54) is 0 Å². The number of hydrogen-bond donors (Lipinski definition) is 1. The molecule has 1 rings (SSSR count). The first kappa shape index (κ1) is 12.2. The average molecular weight is 221 g/mol. The van der Waals surface area contributed by atoms with Crippen molar-refractivity contribution in [3.8, 4) is 0 Å². The number of carbonyl (C=O) groups excluding carboxylic acids is 1. The Morgan fingerprint density at radius 2 is 2.12 bits per heavy atom. The van der Waals surface area contributed by atoms with Gasteiger partial charge in [0.25, 0.3) is 0 Å². The molecule has 0 saturated carbocycles. The number of carbonyl (C=O) groups is 1. The highest BCUT2D eigenvalue weighted by atomic mass is 16.5. The van der Waals surface area contributed by atoms with Crippen LogP contribution in [-0.4, -0.2) is 23.4 Å². The Kier molecular flexibility index (Phi) is 4.98. The van der Waals surface area contributed by atoms with Crippen molar-refractivity contribution in [3.63, 3.8) is 0 Å². The lowest BCUT2D eigenvalue weighted by molar-refractivity contribution is 0.152. The van der Waals surface area contributed by atoms with Crippen LogP contribution in [0.3, 0.4) is 0 Å². The molecule has 0 fully saturated rings. The standard InChI is InChI=1S/C11H15N3O2/c1-3-10(9-5-7-12-8-6-9)13-14-11(15)16-4-2/h5-8H,3-4H2,1-2H3,(H,14,15). The number of ether oxygens (including phenoxy) is 1. The van der Waals surface area contributed by atoms with Gasteiger partial charge < -0.3 is 4.74 Å². The van der Waals surface area contributed by atoms with Crippen LogP contribution in [-0.2, 0) is 4.74 Å². The third-order valence-corrected chi connectivity index (χ3v) is 1.91. The summed E-state index contributed by atoms with van der Waals surface area (Å²) in [5.41, 5.74) is 4.07. The van der Waals surface area contributed by atoms with E-state index in [2.05, 4.69) is 15.5 Å². The van der Waals surface area contributed by atoms with Crippen LogP contribution in [0.25, 0.3) is 0 Å². The highest BCUT2D eigenvalue weighted by molar-refractivity contribution is 6.00. The van der Waals surface area contributed by atoms with E-state index in [0.717, 1.165) is 17.7 Å². The zero-order chi connectivity index (χ0) is 11.8. The van der Waals surface area contributed by atoms with Crippen LogP contribution in [0, 0.1) is 0 Å². The van der Waals surface area contributed by atoms with Crippen molar-refractivity contribution in [2.45, 2.75) is 20.3 Å². The third-order valence-electron chi connectivity index (χ3n) is 1.91. The van der Waals surface area contributed by atoms with Crippen molar-refractivity contribution < 1.29 is 9.53 Å². The minimum Gasteiger partial charge on any atom is -0.449 e. The van der Waals surface area contributed by atoms with Crippen LogP contribution in [0.15, 0.2) is 29.6 Å². The summed E-state index contributed by atoms with van der Waals surface area (Å²) in [7, 11) is 0. The summed E-state index contributed by atoms with van der Waals surface area (Å²) >= 11 is 0. The topological polar surface area (TPSA) is 63.6 Å². The van der Waals surface area contributed by atoms with Crippen LogP contribution < -0.4 is 5.43 Å². The Balaban J connectivity index is 2.68. The molecule has 0 unspecified atom stereocenters. The summed E-state index contributed by atoms with van der Waals surface area (Å²) in [4.78, 5) is 15.0. The van der Waals surface area contributed by atoms with Crippen molar-refractivity contribution in [2.24, 2.45) is 5.10 Å². The van der Waals surface area contributed by atoms with Gasteiger partial charge in [0, 0.05) is 18.0 Å². The quantitative estimate of drug-likeness (QED) is 0.624. The molecule has 1 aromatic rings. The van der Waals surface area contributed by atoms with Gasteiger partial charge in [-0.3, -0.25) is 4.98 Å². The third kappa shape index (κ3) is 3.68. The Bertz CT molecular complexity index is 363. The molecule has 0 aromatic carbocycles. The number of hydrogen-bond acceptors (Lipinski definition) is 4. The molecule has 1 heterocycles. The van der Waals surface area contributed by atoms with E-state index in [9.17, 15) is 4.79 Å². The van der Waals surface area contributed by atoms with Gasteiger partial charge in [0.2, 0.25) is 0 Å². The molecule has 1 aromatic heterocycles. The molecule has 1 amide bonds. The summed E-state index contributed by atoms with van der Waals surface area (Å²) in [6.07, 6.45) is 3.55. The summed E-state index contributed by atoms with van der Waals surface area (Å²) in [5, 5.41) is 4.00. The van der Waals surface area contributed by atoms with Gasteiger partial charge in [-0.15, -0.1) is 0 Å². The van der Waals surface area contributed by atoms with Gasteiger partial charge in [0.15, 0.2) is 0 Å². The van der Waals surface area contributed by atoms with E-state index < -0.39 is 6.09 Å². The number of pyridine rings is 1. The zero-order valence-electron chi connectivity index (χ0n) is 9.43. The number of amides is 1. The molecule has 5 heteroatoms. The molecule has 0 bridgehead atoms. The first-order valence-electron chi connectivity index (χ1n) is 5.17. The van der Waals surface area contributed by atoms with Crippen LogP contribution in [0.2, 0.25) is 0 Å². The molecule has 0 spiro atoms. The summed E-state index contributed by atoms with van der Waals surface area (Å²) in [5.74, 6) is 0. The monoisotopic (exact) mass is 221 g/mol. The predicted molar refractivity (Wildman–Crippen MR) is 61.2 cm³/mol. The summed E-state index contributed by atoms with van der Waals surface area (Å²) < 4.78 is 4.70. The maximum atomic E-state index is 11.0. The van der Waals surface area contributed by atoms with Crippen molar-refractivity contribution in [1.29, 1.82) is 0 Å². The Labute approximate surface area is 94.5 Å². The molecule has 0 aliphatic heterocycles. The minimum absolute atomic E-state index is 0.331. The van der Waals surface area contributed by atoms with E-state index in [1.54, 1.807) is 19.3 Å². The molecule has 0 aliphatic rings. The second-order valence-electron chi connectivity index (χ2n) is 2.98. The minimum atomic E-state index is -0.539. The van der Waals surface area contributed by atoms with Crippen molar-refractivity contribution in [1.82, 2.24) is 10.4 Å². The van der Waals surface area contributed by atoms with Gasteiger partial charge in [-0.2, -0.15) is 5.10 Å².